The first-order valence-corrected chi connectivity index (χ1v) is 5.97. The molecule has 0 aliphatic heterocycles. The van der Waals surface area contributed by atoms with Crippen LogP contribution in [0.2, 0.25) is 0 Å². The summed E-state index contributed by atoms with van der Waals surface area (Å²) < 4.78 is 13.7. The average molecular weight is 253 g/mol. The number of fused-ring (bicyclic) bond motifs is 1. The van der Waals surface area contributed by atoms with Crippen LogP contribution in [0.25, 0.3) is 10.9 Å². The molecule has 0 spiro atoms. The van der Waals surface area contributed by atoms with E-state index in [0.29, 0.717) is 16.7 Å². The summed E-state index contributed by atoms with van der Waals surface area (Å²) in [7, 11) is 0. The van der Waals surface area contributed by atoms with Crippen molar-refractivity contribution < 1.29 is 4.39 Å². The third-order valence-electron chi connectivity index (χ3n) is 2.90. The fraction of sp³-hybridized carbons (Fsp3) is 0.0667. The lowest BCUT2D eigenvalue weighted by molar-refractivity contribution is 0.636. The van der Waals surface area contributed by atoms with E-state index in [1.54, 1.807) is 12.1 Å². The largest absolute Gasteiger partial charge is 0.340 e. The number of rotatable bonds is 2. The predicted molar refractivity (Wildman–Crippen MR) is 74.0 cm³/mol. The summed E-state index contributed by atoms with van der Waals surface area (Å²) in [5.41, 5.74) is 2.39. The van der Waals surface area contributed by atoms with E-state index in [1.807, 2.05) is 31.2 Å². The number of aromatic nitrogens is 2. The van der Waals surface area contributed by atoms with Crippen LogP contribution in [0.5, 0.6) is 0 Å². The Labute approximate surface area is 110 Å². The molecule has 0 saturated heterocycles. The fourth-order valence-electron chi connectivity index (χ4n) is 2.01. The minimum atomic E-state index is -0.341. The van der Waals surface area contributed by atoms with E-state index in [9.17, 15) is 4.39 Å². The van der Waals surface area contributed by atoms with Crippen molar-refractivity contribution in [2.45, 2.75) is 6.92 Å². The molecular weight excluding hydrogens is 241 g/mol. The number of hydrogen-bond acceptors (Lipinski definition) is 3. The highest BCUT2D eigenvalue weighted by Gasteiger charge is 2.07. The quantitative estimate of drug-likeness (QED) is 0.754. The van der Waals surface area contributed by atoms with Crippen molar-refractivity contribution in [3.63, 3.8) is 0 Å². The number of hydrogen-bond donors (Lipinski definition) is 1. The third-order valence-corrected chi connectivity index (χ3v) is 2.90. The van der Waals surface area contributed by atoms with Crippen LogP contribution in [-0.2, 0) is 0 Å². The minimum Gasteiger partial charge on any atom is -0.340 e. The highest BCUT2D eigenvalue weighted by molar-refractivity contribution is 5.90. The van der Waals surface area contributed by atoms with E-state index in [2.05, 4.69) is 15.3 Å². The van der Waals surface area contributed by atoms with Crippen LogP contribution >= 0.6 is 0 Å². The first-order chi connectivity index (χ1) is 9.24. The standard InChI is InChI=1S/C15H12FN3/c1-10-4-2-5-11(8-10)19-15-12-6-3-7-13(16)14(12)17-9-18-15/h2-9H,1H3,(H,17,18,19). The lowest BCUT2D eigenvalue weighted by Gasteiger charge is -2.09. The Bertz CT molecular complexity index is 740. The van der Waals surface area contributed by atoms with Crippen LogP contribution in [0.1, 0.15) is 5.56 Å². The molecular formula is C15H12FN3. The molecule has 0 aliphatic carbocycles. The SMILES string of the molecule is Cc1cccc(Nc2ncnc3c(F)cccc23)c1. The summed E-state index contributed by atoms with van der Waals surface area (Å²) in [5.74, 6) is 0.266. The van der Waals surface area contributed by atoms with Gasteiger partial charge in [-0.2, -0.15) is 0 Å². The van der Waals surface area contributed by atoms with Gasteiger partial charge in [0.2, 0.25) is 0 Å². The molecule has 0 saturated carbocycles. The lowest BCUT2D eigenvalue weighted by Crippen LogP contribution is -1.97. The summed E-state index contributed by atoms with van der Waals surface area (Å²) in [6.07, 6.45) is 1.36. The minimum absolute atomic E-state index is 0.327. The Morgan fingerprint density at radius 2 is 1.89 bits per heavy atom. The first-order valence-electron chi connectivity index (χ1n) is 5.97. The summed E-state index contributed by atoms with van der Waals surface area (Å²) in [4.78, 5) is 8.16. The number of halogens is 1. The highest BCUT2D eigenvalue weighted by atomic mass is 19.1. The summed E-state index contributed by atoms with van der Waals surface area (Å²) in [6, 6.07) is 12.8. The van der Waals surface area contributed by atoms with Crippen molar-refractivity contribution in [3.8, 4) is 0 Å². The molecule has 3 aromatic rings. The zero-order valence-corrected chi connectivity index (χ0v) is 10.4. The van der Waals surface area contributed by atoms with Gasteiger partial charge in [0, 0.05) is 11.1 Å². The normalized spacial score (nSPS) is 10.6. The zero-order chi connectivity index (χ0) is 13.2. The molecule has 0 fully saturated rings. The molecule has 0 amide bonds. The van der Waals surface area contributed by atoms with E-state index in [0.717, 1.165) is 11.3 Å². The van der Waals surface area contributed by atoms with Gasteiger partial charge >= 0.3 is 0 Å². The maximum absolute atomic E-state index is 13.7. The molecule has 0 unspecified atom stereocenters. The molecule has 94 valence electrons. The number of anilines is 2. The maximum Gasteiger partial charge on any atom is 0.149 e. The van der Waals surface area contributed by atoms with Gasteiger partial charge in [-0.25, -0.2) is 14.4 Å². The molecule has 3 nitrogen and oxygen atoms in total. The van der Waals surface area contributed by atoms with Crippen LogP contribution in [0.4, 0.5) is 15.9 Å². The second-order valence-electron chi connectivity index (χ2n) is 4.35. The van der Waals surface area contributed by atoms with Crippen LogP contribution in [0.3, 0.4) is 0 Å². The Hall–Kier alpha value is -2.49. The van der Waals surface area contributed by atoms with Crippen LogP contribution < -0.4 is 5.32 Å². The molecule has 4 heteroatoms. The summed E-state index contributed by atoms with van der Waals surface area (Å²) >= 11 is 0. The number of benzene rings is 2. The second kappa shape index (κ2) is 4.65. The van der Waals surface area contributed by atoms with Gasteiger partial charge in [0.25, 0.3) is 0 Å². The Morgan fingerprint density at radius 3 is 2.74 bits per heavy atom. The molecule has 0 aliphatic rings. The molecule has 1 aromatic heterocycles. The fourth-order valence-corrected chi connectivity index (χ4v) is 2.01. The van der Waals surface area contributed by atoms with Gasteiger partial charge in [-0.3, -0.25) is 0 Å². The Morgan fingerprint density at radius 1 is 1.05 bits per heavy atom. The Balaban J connectivity index is 2.08. The predicted octanol–water partition coefficient (Wildman–Crippen LogP) is 3.82. The van der Waals surface area contributed by atoms with E-state index >= 15 is 0 Å². The third kappa shape index (κ3) is 2.25. The van der Waals surface area contributed by atoms with Crippen molar-refractivity contribution in [3.05, 3.63) is 60.2 Å². The molecule has 0 radical (unpaired) electrons. The summed E-state index contributed by atoms with van der Waals surface area (Å²) in [6.45, 7) is 2.02. The van der Waals surface area contributed by atoms with Crippen LogP contribution in [0.15, 0.2) is 48.8 Å². The van der Waals surface area contributed by atoms with Gasteiger partial charge in [0.1, 0.15) is 23.5 Å². The molecule has 1 N–H and O–H groups in total. The molecule has 0 atom stereocenters. The van der Waals surface area contributed by atoms with E-state index in [1.165, 1.54) is 12.4 Å². The van der Waals surface area contributed by atoms with Crippen molar-refractivity contribution in [1.82, 2.24) is 9.97 Å². The van der Waals surface area contributed by atoms with E-state index in [4.69, 9.17) is 0 Å². The van der Waals surface area contributed by atoms with Gasteiger partial charge in [-0.05, 0) is 36.8 Å². The number of nitrogens with zero attached hydrogens (tertiary/aromatic N) is 2. The first kappa shape index (κ1) is 11.6. The summed E-state index contributed by atoms with van der Waals surface area (Å²) in [5, 5.41) is 3.87. The monoisotopic (exact) mass is 253 g/mol. The molecule has 1 heterocycles. The Kier molecular flexibility index (Phi) is 2.83. The van der Waals surface area contributed by atoms with Gasteiger partial charge in [0.15, 0.2) is 0 Å². The molecule has 19 heavy (non-hydrogen) atoms. The highest BCUT2D eigenvalue weighted by Crippen LogP contribution is 2.24. The molecule has 2 aromatic carbocycles. The van der Waals surface area contributed by atoms with Crippen molar-refractivity contribution in [2.24, 2.45) is 0 Å². The van der Waals surface area contributed by atoms with Gasteiger partial charge < -0.3 is 5.32 Å². The van der Waals surface area contributed by atoms with E-state index < -0.39 is 0 Å². The van der Waals surface area contributed by atoms with Gasteiger partial charge in [-0.1, -0.05) is 18.2 Å². The average Bonchev–Trinajstić information content (AvgIpc) is 2.40. The smallest absolute Gasteiger partial charge is 0.149 e. The lowest BCUT2D eigenvalue weighted by atomic mass is 10.2. The van der Waals surface area contributed by atoms with Gasteiger partial charge in [0.05, 0.1) is 0 Å². The van der Waals surface area contributed by atoms with Crippen LogP contribution in [0, 0.1) is 12.7 Å². The van der Waals surface area contributed by atoms with Gasteiger partial charge in [-0.15, -0.1) is 0 Å². The number of nitrogens with one attached hydrogen (secondary N) is 1. The maximum atomic E-state index is 13.7. The van der Waals surface area contributed by atoms with E-state index in [-0.39, 0.29) is 5.82 Å². The van der Waals surface area contributed by atoms with Crippen LogP contribution in [-0.4, -0.2) is 9.97 Å². The second-order valence-corrected chi connectivity index (χ2v) is 4.35. The molecule has 3 rings (SSSR count). The number of aryl methyl sites for hydroxylation is 1. The van der Waals surface area contributed by atoms with Crippen molar-refractivity contribution in [2.75, 3.05) is 5.32 Å². The number of para-hydroxylation sites is 1. The molecule has 0 bridgehead atoms. The topological polar surface area (TPSA) is 37.8 Å². The zero-order valence-electron chi connectivity index (χ0n) is 10.4. The van der Waals surface area contributed by atoms with Crippen molar-refractivity contribution in [1.29, 1.82) is 0 Å². The van der Waals surface area contributed by atoms with Crippen molar-refractivity contribution >= 4 is 22.4 Å².